The number of fused-ring (bicyclic) bond motifs is 1. The van der Waals surface area contributed by atoms with Crippen LogP contribution < -0.4 is 0 Å². The van der Waals surface area contributed by atoms with Crippen LogP contribution in [0.3, 0.4) is 0 Å². The highest BCUT2D eigenvalue weighted by Crippen LogP contribution is 2.29. The average Bonchev–Trinajstić information content (AvgIpc) is 2.34. The smallest absolute Gasteiger partial charge is 0.0293 e. The Morgan fingerprint density at radius 1 is 1.50 bits per heavy atom. The quantitative estimate of drug-likeness (QED) is 0.494. The van der Waals surface area contributed by atoms with Gasteiger partial charge in [0.2, 0.25) is 0 Å². The zero-order chi connectivity index (χ0) is 6.97. The number of hydrogen-bond acceptors (Lipinski definition) is 1. The molecule has 0 aromatic heterocycles. The SMILES string of the molecule is CC1CC=C2CCCCN21. The van der Waals surface area contributed by atoms with Crippen LogP contribution in [0.1, 0.15) is 32.6 Å². The van der Waals surface area contributed by atoms with Gasteiger partial charge < -0.3 is 4.90 Å². The van der Waals surface area contributed by atoms with Crippen molar-refractivity contribution < 1.29 is 0 Å². The van der Waals surface area contributed by atoms with Crippen LogP contribution in [0.2, 0.25) is 0 Å². The molecule has 2 heterocycles. The van der Waals surface area contributed by atoms with E-state index < -0.39 is 0 Å². The summed E-state index contributed by atoms with van der Waals surface area (Å²) in [6.45, 7) is 3.64. The Bertz CT molecular complexity index is 160. The van der Waals surface area contributed by atoms with Gasteiger partial charge in [-0.3, -0.25) is 0 Å². The van der Waals surface area contributed by atoms with Crippen molar-refractivity contribution in [2.45, 2.75) is 38.6 Å². The number of allylic oxidation sites excluding steroid dienone is 1. The Morgan fingerprint density at radius 3 is 3.20 bits per heavy atom. The summed E-state index contributed by atoms with van der Waals surface area (Å²) in [7, 11) is 0. The van der Waals surface area contributed by atoms with Crippen molar-refractivity contribution in [2.75, 3.05) is 6.54 Å². The fourth-order valence-electron chi connectivity index (χ4n) is 2.03. The number of piperidine rings is 1. The van der Waals surface area contributed by atoms with Gasteiger partial charge in [-0.05, 0) is 32.6 Å². The van der Waals surface area contributed by atoms with Gasteiger partial charge in [0, 0.05) is 18.3 Å². The summed E-state index contributed by atoms with van der Waals surface area (Å²) in [5.41, 5.74) is 1.62. The van der Waals surface area contributed by atoms with E-state index in [0.717, 1.165) is 6.04 Å². The third-order valence-corrected chi connectivity index (χ3v) is 2.68. The first-order valence-electron chi connectivity index (χ1n) is 4.33. The van der Waals surface area contributed by atoms with Crippen LogP contribution >= 0.6 is 0 Å². The predicted molar refractivity (Wildman–Crippen MR) is 42.7 cm³/mol. The number of rotatable bonds is 0. The maximum absolute atomic E-state index is 2.57. The fourth-order valence-corrected chi connectivity index (χ4v) is 2.03. The van der Waals surface area contributed by atoms with Gasteiger partial charge in [-0.1, -0.05) is 6.08 Å². The van der Waals surface area contributed by atoms with Crippen molar-refractivity contribution in [1.82, 2.24) is 4.90 Å². The van der Waals surface area contributed by atoms with E-state index in [9.17, 15) is 0 Å². The Morgan fingerprint density at radius 2 is 2.40 bits per heavy atom. The monoisotopic (exact) mass is 137 g/mol. The van der Waals surface area contributed by atoms with Gasteiger partial charge in [0.1, 0.15) is 0 Å². The van der Waals surface area contributed by atoms with Crippen LogP contribution in [0, 0.1) is 0 Å². The highest BCUT2D eigenvalue weighted by molar-refractivity contribution is 5.12. The van der Waals surface area contributed by atoms with Crippen molar-refractivity contribution in [3.05, 3.63) is 11.8 Å². The Kier molecular flexibility index (Phi) is 1.44. The molecule has 0 N–H and O–H groups in total. The van der Waals surface area contributed by atoms with Crippen LogP contribution in [0.5, 0.6) is 0 Å². The van der Waals surface area contributed by atoms with Crippen molar-refractivity contribution in [3.8, 4) is 0 Å². The maximum Gasteiger partial charge on any atom is 0.0293 e. The molecule has 1 fully saturated rings. The van der Waals surface area contributed by atoms with E-state index >= 15 is 0 Å². The summed E-state index contributed by atoms with van der Waals surface area (Å²) in [6.07, 6.45) is 7.86. The van der Waals surface area contributed by atoms with Gasteiger partial charge in [0.15, 0.2) is 0 Å². The molecule has 1 heteroatoms. The molecule has 0 amide bonds. The lowest BCUT2D eigenvalue weighted by molar-refractivity contribution is 0.253. The normalized spacial score (nSPS) is 31.9. The molecule has 56 valence electrons. The third-order valence-electron chi connectivity index (χ3n) is 2.68. The van der Waals surface area contributed by atoms with Gasteiger partial charge in [-0.2, -0.15) is 0 Å². The summed E-state index contributed by atoms with van der Waals surface area (Å²) in [4.78, 5) is 2.57. The minimum absolute atomic E-state index is 0.801. The van der Waals surface area contributed by atoms with Gasteiger partial charge in [-0.25, -0.2) is 0 Å². The predicted octanol–water partition coefficient (Wildman–Crippen LogP) is 2.15. The lowest BCUT2D eigenvalue weighted by Gasteiger charge is -2.31. The molecule has 0 saturated carbocycles. The second-order valence-electron chi connectivity index (χ2n) is 3.43. The molecule has 1 atom stereocenters. The number of hydrogen-bond donors (Lipinski definition) is 0. The zero-order valence-corrected chi connectivity index (χ0v) is 6.64. The topological polar surface area (TPSA) is 3.24 Å². The highest BCUT2D eigenvalue weighted by atomic mass is 15.2. The molecule has 0 aliphatic carbocycles. The van der Waals surface area contributed by atoms with E-state index in [1.807, 2.05) is 0 Å². The minimum Gasteiger partial charge on any atom is -0.372 e. The van der Waals surface area contributed by atoms with Crippen LogP contribution in [0.25, 0.3) is 0 Å². The first-order chi connectivity index (χ1) is 4.88. The Hall–Kier alpha value is -0.460. The molecule has 1 nitrogen and oxygen atoms in total. The summed E-state index contributed by atoms with van der Waals surface area (Å²) in [5, 5.41) is 0. The Balaban J connectivity index is 2.11. The number of nitrogens with zero attached hydrogens (tertiary/aromatic N) is 1. The second-order valence-corrected chi connectivity index (χ2v) is 3.43. The molecule has 0 radical (unpaired) electrons. The van der Waals surface area contributed by atoms with Gasteiger partial charge >= 0.3 is 0 Å². The fraction of sp³-hybridized carbons (Fsp3) is 0.778. The molecule has 0 aromatic rings. The van der Waals surface area contributed by atoms with E-state index in [-0.39, 0.29) is 0 Å². The summed E-state index contributed by atoms with van der Waals surface area (Å²) in [6, 6.07) is 0.801. The van der Waals surface area contributed by atoms with E-state index in [1.165, 1.54) is 32.2 Å². The van der Waals surface area contributed by atoms with Crippen molar-refractivity contribution in [1.29, 1.82) is 0 Å². The van der Waals surface area contributed by atoms with E-state index in [4.69, 9.17) is 0 Å². The van der Waals surface area contributed by atoms with Crippen molar-refractivity contribution >= 4 is 0 Å². The van der Waals surface area contributed by atoms with Crippen LogP contribution in [-0.2, 0) is 0 Å². The average molecular weight is 137 g/mol. The Labute approximate surface area is 62.7 Å². The molecule has 10 heavy (non-hydrogen) atoms. The molecular weight excluding hydrogens is 122 g/mol. The minimum atomic E-state index is 0.801. The summed E-state index contributed by atoms with van der Waals surface area (Å²) >= 11 is 0. The van der Waals surface area contributed by atoms with Crippen LogP contribution in [0.4, 0.5) is 0 Å². The van der Waals surface area contributed by atoms with E-state index in [2.05, 4.69) is 17.9 Å². The van der Waals surface area contributed by atoms with Crippen LogP contribution in [-0.4, -0.2) is 17.5 Å². The van der Waals surface area contributed by atoms with E-state index in [0.29, 0.717) is 0 Å². The first kappa shape index (κ1) is 6.26. The van der Waals surface area contributed by atoms with Crippen LogP contribution in [0.15, 0.2) is 11.8 Å². The molecule has 2 aliphatic heterocycles. The summed E-state index contributed by atoms with van der Waals surface area (Å²) in [5.74, 6) is 0. The standard InChI is InChI=1S/C9H15N/c1-8-5-6-9-4-2-3-7-10(8)9/h6,8H,2-5,7H2,1H3. The summed E-state index contributed by atoms with van der Waals surface area (Å²) < 4.78 is 0. The molecule has 1 unspecified atom stereocenters. The maximum atomic E-state index is 2.57. The molecule has 2 aliphatic rings. The molecular formula is C9H15N. The van der Waals surface area contributed by atoms with Gasteiger partial charge in [-0.15, -0.1) is 0 Å². The molecule has 2 rings (SSSR count). The molecule has 0 bridgehead atoms. The second kappa shape index (κ2) is 2.30. The highest BCUT2D eigenvalue weighted by Gasteiger charge is 2.23. The lowest BCUT2D eigenvalue weighted by Crippen LogP contribution is -2.31. The van der Waals surface area contributed by atoms with Gasteiger partial charge in [0.25, 0.3) is 0 Å². The molecule has 1 saturated heterocycles. The van der Waals surface area contributed by atoms with Crippen molar-refractivity contribution in [2.24, 2.45) is 0 Å². The largest absolute Gasteiger partial charge is 0.372 e. The third kappa shape index (κ3) is 0.845. The van der Waals surface area contributed by atoms with Gasteiger partial charge in [0.05, 0.1) is 0 Å². The zero-order valence-electron chi connectivity index (χ0n) is 6.64. The molecule has 0 aromatic carbocycles. The first-order valence-corrected chi connectivity index (χ1v) is 4.33. The molecule has 0 spiro atoms. The van der Waals surface area contributed by atoms with Crippen molar-refractivity contribution in [3.63, 3.8) is 0 Å². The van der Waals surface area contributed by atoms with E-state index in [1.54, 1.807) is 5.70 Å². The lowest BCUT2D eigenvalue weighted by atomic mass is 10.1.